The molecule has 0 N–H and O–H groups in total. The third-order valence-corrected chi connectivity index (χ3v) is 3.11. The molecular weight excluding hydrogens is 208 g/mol. The van der Waals surface area contributed by atoms with Gasteiger partial charge in [-0.05, 0) is 24.1 Å². The van der Waals surface area contributed by atoms with E-state index in [1.807, 2.05) is 24.5 Å². The van der Waals surface area contributed by atoms with Gasteiger partial charge in [0.25, 0.3) is 0 Å². The van der Waals surface area contributed by atoms with Crippen LogP contribution in [-0.2, 0) is 0 Å². The van der Waals surface area contributed by atoms with Crippen molar-refractivity contribution in [3.63, 3.8) is 0 Å². The Morgan fingerprint density at radius 3 is 2.29 bits per heavy atom. The summed E-state index contributed by atoms with van der Waals surface area (Å²) in [7, 11) is 2.14. The van der Waals surface area contributed by atoms with Gasteiger partial charge < -0.3 is 4.90 Å². The monoisotopic (exact) mass is 226 g/mol. The first-order chi connectivity index (χ1) is 8.33. The van der Waals surface area contributed by atoms with Crippen molar-refractivity contribution in [3.8, 4) is 0 Å². The lowest BCUT2D eigenvalue weighted by Crippen LogP contribution is -2.23. The van der Waals surface area contributed by atoms with Gasteiger partial charge >= 0.3 is 0 Å². The first kappa shape index (κ1) is 11.6. The second-order valence-electron chi connectivity index (χ2n) is 4.15. The van der Waals surface area contributed by atoms with E-state index >= 15 is 0 Å². The Morgan fingerprint density at radius 2 is 1.71 bits per heavy atom. The summed E-state index contributed by atoms with van der Waals surface area (Å²) in [5.41, 5.74) is 2.56. The number of rotatable bonds is 4. The first-order valence-electron chi connectivity index (χ1n) is 6.00. The van der Waals surface area contributed by atoms with Crippen molar-refractivity contribution >= 4 is 5.69 Å². The van der Waals surface area contributed by atoms with Gasteiger partial charge in [-0.3, -0.25) is 4.98 Å². The van der Waals surface area contributed by atoms with Crippen LogP contribution in [0.4, 0.5) is 5.69 Å². The summed E-state index contributed by atoms with van der Waals surface area (Å²) in [5, 5.41) is 0. The highest BCUT2D eigenvalue weighted by Gasteiger charge is 2.14. The minimum atomic E-state index is 0.415. The van der Waals surface area contributed by atoms with Crippen LogP contribution in [0.15, 0.2) is 54.9 Å². The molecule has 0 saturated heterocycles. The Balaban J connectivity index is 2.25. The molecule has 0 saturated carbocycles. The molecule has 1 aromatic carbocycles. The molecule has 1 heterocycles. The van der Waals surface area contributed by atoms with Gasteiger partial charge in [-0.2, -0.15) is 0 Å². The largest absolute Gasteiger partial charge is 0.367 e. The molecule has 0 amide bonds. The number of anilines is 1. The third kappa shape index (κ3) is 2.64. The maximum atomic E-state index is 4.06. The van der Waals surface area contributed by atoms with E-state index in [1.54, 1.807) is 0 Å². The number of hydrogen-bond acceptors (Lipinski definition) is 2. The van der Waals surface area contributed by atoms with E-state index in [4.69, 9.17) is 0 Å². The van der Waals surface area contributed by atoms with E-state index in [0.717, 1.165) is 6.42 Å². The van der Waals surface area contributed by atoms with Crippen LogP contribution in [0.2, 0.25) is 0 Å². The normalized spacial score (nSPS) is 12.1. The number of benzene rings is 1. The van der Waals surface area contributed by atoms with Crippen molar-refractivity contribution < 1.29 is 0 Å². The fourth-order valence-corrected chi connectivity index (χ4v) is 2.17. The van der Waals surface area contributed by atoms with Crippen molar-refractivity contribution in [1.82, 2.24) is 4.98 Å². The second kappa shape index (κ2) is 5.48. The Hall–Kier alpha value is -1.83. The number of aromatic nitrogens is 1. The lowest BCUT2D eigenvalue weighted by Gasteiger charge is -2.29. The molecule has 1 aromatic heterocycles. The van der Waals surface area contributed by atoms with E-state index in [0.29, 0.717) is 6.04 Å². The minimum Gasteiger partial charge on any atom is -0.367 e. The molecule has 0 aliphatic carbocycles. The molecule has 0 bridgehead atoms. The average molecular weight is 226 g/mol. The molecule has 88 valence electrons. The topological polar surface area (TPSA) is 16.1 Å². The van der Waals surface area contributed by atoms with Gasteiger partial charge in [-0.25, -0.2) is 0 Å². The van der Waals surface area contributed by atoms with Crippen LogP contribution in [-0.4, -0.2) is 12.0 Å². The summed E-state index contributed by atoms with van der Waals surface area (Å²) >= 11 is 0. The fourth-order valence-electron chi connectivity index (χ4n) is 2.17. The van der Waals surface area contributed by atoms with Crippen LogP contribution in [0, 0.1) is 0 Å². The van der Waals surface area contributed by atoms with Crippen molar-refractivity contribution in [2.75, 3.05) is 11.9 Å². The van der Waals surface area contributed by atoms with E-state index in [9.17, 15) is 0 Å². The van der Waals surface area contributed by atoms with Gasteiger partial charge in [0.05, 0.1) is 6.04 Å². The van der Waals surface area contributed by atoms with Crippen molar-refractivity contribution in [2.45, 2.75) is 19.4 Å². The molecule has 0 spiro atoms. The van der Waals surface area contributed by atoms with Gasteiger partial charge in [0.1, 0.15) is 0 Å². The quantitative estimate of drug-likeness (QED) is 0.790. The Bertz CT molecular complexity index is 439. The van der Waals surface area contributed by atoms with Crippen molar-refractivity contribution in [2.24, 2.45) is 0 Å². The lowest BCUT2D eigenvalue weighted by molar-refractivity contribution is 0.648. The summed E-state index contributed by atoms with van der Waals surface area (Å²) < 4.78 is 0. The highest BCUT2D eigenvalue weighted by atomic mass is 15.1. The molecular formula is C15H18N2. The molecule has 2 rings (SSSR count). The SMILES string of the molecule is CCC(c1ccccc1)N(C)c1ccncc1. The lowest BCUT2D eigenvalue weighted by atomic mass is 10.0. The van der Waals surface area contributed by atoms with Crippen LogP contribution in [0.5, 0.6) is 0 Å². The van der Waals surface area contributed by atoms with Gasteiger partial charge in [0.15, 0.2) is 0 Å². The van der Waals surface area contributed by atoms with Crippen molar-refractivity contribution in [1.29, 1.82) is 0 Å². The zero-order chi connectivity index (χ0) is 12.1. The van der Waals surface area contributed by atoms with Gasteiger partial charge in [0, 0.05) is 25.1 Å². The predicted octanol–water partition coefficient (Wildman–Crippen LogP) is 3.67. The van der Waals surface area contributed by atoms with E-state index in [2.05, 4.69) is 54.2 Å². The molecule has 0 fully saturated rings. The van der Waals surface area contributed by atoms with Crippen LogP contribution in [0.1, 0.15) is 24.9 Å². The zero-order valence-electron chi connectivity index (χ0n) is 10.4. The maximum absolute atomic E-state index is 4.06. The van der Waals surface area contributed by atoms with Gasteiger partial charge in [-0.15, -0.1) is 0 Å². The van der Waals surface area contributed by atoms with E-state index in [-0.39, 0.29) is 0 Å². The van der Waals surface area contributed by atoms with E-state index < -0.39 is 0 Å². The fraction of sp³-hybridized carbons (Fsp3) is 0.267. The summed E-state index contributed by atoms with van der Waals surface area (Å²) in [5.74, 6) is 0. The van der Waals surface area contributed by atoms with Crippen LogP contribution < -0.4 is 4.90 Å². The molecule has 2 nitrogen and oxygen atoms in total. The summed E-state index contributed by atoms with van der Waals surface area (Å²) in [4.78, 5) is 6.36. The Morgan fingerprint density at radius 1 is 1.06 bits per heavy atom. The highest BCUT2D eigenvalue weighted by molar-refractivity contribution is 5.46. The summed E-state index contributed by atoms with van der Waals surface area (Å²) in [6, 6.07) is 15.1. The zero-order valence-corrected chi connectivity index (χ0v) is 10.4. The van der Waals surface area contributed by atoms with E-state index in [1.165, 1.54) is 11.3 Å². The Labute approximate surface area is 103 Å². The predicted molar refractivity (Wildman–Crippen MR) is 72.1 cm³/mol. The van der Waals surface area contributed by atoms with Crippen molar-refractivity contribution in [3.05, 3.63) is 60.4 Å². The molecule has 2 aromatic rings. The molecule has 0 radical (unpaired) electrons. The number of nitrogens with zero attached hydrogens (tertiary/aromatic N) is 2. The second-order valence-corrected chi connectivity index (χ2v) is 4.15. The summed E-state index contributed by atoms with van der Waals surface area (Å²) in [6.45, 7) is 2.22. The molecule has 0 aliphatic rings. The highest BCUT2D eigenvalue weighted by Crippen LogP contribution is 2.27. The van der Waals surface area contributed by atoms with Gasteiger partial charge in [0.2, 0.25) is 0 Å². The molecule has 1 atom stereocenters. The number of pyridine rings is 1. The first-order valence-corrected chi connectivity index (χ1v) is 6.00. The van der Waals surface area contributed by atoms with Crippen LogP contribution >= 0.6 is 0 Å². The number of hydrogen-bond donors (Lipinski definition) is 0. The molecule has 2 heteroatoms. The molecule has 17 heavy (non-hydrogen) atoms. The summed E-state index contributed by atoms with van der Waals surface area (Å²) in [6.07, 6.45) is 4.76. The van der Waals surface area contributed by atoms with Gasteiger partial charge in [-0.1, -0.05) is 37.3 Å². The standard InChI is InChI=1S/C15H18N2/c1-3-15(13-7-5-4-6-8-13)17(2)14-9-11-16-12-10-14/h4-12,15H,3H2,1-2H3. The molecule has 0 aliphatic heterocycles. The Kier molecular flexibility index (Phi) is 3.76. The smallest absolute Gasteiger partial charge is 0.0536 e. The van der Waals surface area contributed by atoms with Crippen LogP contribution in [0.25, 0.3) is 0 Å². The average Bonchev–Trinajstić information content (AvgIpc) is 2.42. The third-order valence-electron chi connectivity index (χ3n) is 3.11. The minimum absolute atomic E-state index is 0.415. The van der Waals surface area contributed by atoms with Crippen LogP contribution in [0.3, 0.4) is 0 Å². The molecule has 1 unspecified atom stereocenters. The maximum Gasteiger partial charge on any atom is 0.0536 e.